The zero-order valence-corrected chi connectivity index (χ0v) is 12.5. The van der Waals surface area contributed by atoms with Crippen molar-refractivity contribution in [2.75, 3.05) is 0 Å². The topological polar surface area (TPSA) is 12.9 Å². The Balaban J connectivity index is 0.000000810. The summed E-state index contributed by atoms with van der Waals surface area (Å²) in [4.78, 5) is 4.48. The molecule has 18 heavy (non-hydrogen) atoms. The minimum absolute atomic E-state index is 0. The van der Waals surface area contributed by atoms with Gasteiger partial charge in [-0.05, 0) is 11.5 Å². The van der Waals surface area contributed by atoms with E-state index >= 15 is 0 Å². The second kappa shape index (κ2) is 6.44. The summed E-state index contributed by atoms with van der Waals surface area (Å²) in [6.45, 7) is 0. The van der Waals surface area contributed by atoms with Crippen molar-refractivity contribution in [1.29, 1.82) is 0 Å². The van der Waals surface area contributed by atoms with Crippen molar-refractivity contribution >= 4 is 10.8 Å². The molecular formula is C16H14IrN-. The molecule has 2 aromatic carbocycles. The maximum absolute atomic E-state index is 4.48. The van der Waals surface area contributed by atoms with E-state index in [0.29, 0.717) is 0 Å². The molecule has 0 spiro atoms. The maximum atomic E-state index is 4.48. The Labute approximate surface area is 121 Å². The second-order valence-electron chi connectivity index (χ2n) is 3.75. The van der Waals surface area contributed by atoms with Crippen LogP contribution in [0.4, 0.5) is 0 Å². The van der Waals surface area contributed by atoms with Gasteiger partial charge in [-0.25, -0.2) is 0 Å². The van der Waals surface area contributed by atoms with E-state index in [9.17, 15) is 0 Å². The third kappa shape index (κ3) is 2.66. The van der Waals surface area contributed by atoms with Crippen LogP contribution in [-0.2, 0) is 20.1 Å². The number of rotatable bonds is 1. The van der Waals surface area contributed by atoms with Gasteiger partial charge >= 0.3 is 0 Å². The number of benzene rings is 2. The van der Waals surface area contributed by atoms with Gasteiger partial charge in [0.2, 0.25) is 0 Å². The van der Waals surface area contributed by atoms with Crippen LogP contribution in [0.3, 0.4) is 0 Å². The van der Waals surface area contributed by atoms with Gasteiger partial charge < -0.3 is 7.43 Å². The van der Waals surface area contributed by atoms with E-state index in [-0.39, 0.29) is 27.5 Å². The minimum Gasteiger partial charge on any atom is -0.358 e. The molecule has 93 valence electrons. The van der Waals surface area contributed by atoms with E-state index in [1.165, 1.54) is 16.3 Å². The Morgan fingerprint density at radius 2 is 1.39 bits per heavy atom. The van der Waals surface area contributed by atoms with Gasteiger partial charge in [0.15, 0.2) is 0 Å². The molecule has 3 rings (SSSR count). The number of pyridine rings is 1. The zero-order chi connectivity index (χ0) is 10.8. The molecule has 1 nitrogen and oxygen atoms in total. The van der Waals surface area contributed by atoms with Crippen molar-refractivity contribution in [3.63, 3.8) is 0 Å². The van der Waals surface area contributed by atoms with Gasteiger partial charge in [-0.15, -0.1) is 0 Å². The molecule has 0 aliphatic rings. The summed E-state index contributed by atoms with van der Waals surface area (Å²) in [5, 5.41) is 2.44. The molecule has 0 N–H and O–H groups in total. The van der Waals surface area contributed by atoms with E-state index < -0.39 is 0 Å². The fourth-order valence-electron chi connectivity index (χ4n) is 1.95. The van der Waals surface area contributed by atoms with Crippen molar-refractivity contribution in [2.45, 2.75) is 0 Å². The average Bonchev–Trinajstić information content (AvgIpc) is 2.39. The van der Waals surface area contributed by atoms with Gasteiger partial charge in [-0.2, -0.15) is 0 Å². The smallest absolute Gasteiger partial charge is 0.0780 e. The first kappa shape index (κ1) is 14.6. The molecule has 3 aromatic rings. The molecule has 0 aliphatic carbocycles. The number of aromatic nitrogens is 1. The third-order valence-corrected chi connectivity index (χ3v) is 2.72. The van der Waals surface area contributed by atoms with Crippen LogP contribution in [0.2, 0.25) is 0 Å². The molecule has 0 amide bonds. The summed E-state index contributed by atoms with van der Waals surface area (Å²) in [6.07, 6.45) is 1.87. The normalized spacial score (nSPS) is 9.33. The molecule has 1 heterocycles. The van der Waals surface area contributed by atoms with Gasteiger partial charge in [-0.1, -0.05) is 54.6 Å². The average molecular weight is 413 g/mol. The standard InChI is InChI=1S/C15H11N.CH3.Ir/c1-2-7-13(8-3-1)15-14-9-5-4-6-12(14)10-11-16-15;;/h1-11H;1H3;/q;-1;. The number of fused-ring (bicyclic) bond motifs is 1. The van der Waals surface area contributed by atoms with Crippen LogP contribution in [-0.4, -0.2) is 4.98 Å². The van der Waals surface area contributed by atoms with Gasteiger partial charge in [0, 0.05) is 37.3 Å². The summed E-state index contributed by atoms with van der Waals surface area (Å²) in [5.41, 5.74) is 2.22. The fourth-order valence-corrected chi connectivity index (χ4v) is 1.95. The Bertz CT molecular complexity index is 615. The molecule has 0 atom stereocenters. The van der Waals surface area contributed by atoms with Crippen LogP contribution in [0, 0.1) is 7.43 Å². The summed E-state index contributed by atoms with van der Waals surface area (Å²) < 4.78 is 0. The molecule has 0 aliphatic heterocycles. The van der Waals surface area contributed by atoms with Crippen molar-refractivity contribution in [3.8, 4) is 11.3 Å². The van der Waals surface area contributed by atoms with Crippen LogP contribution in [0.5, 0.6) is 0 Å². The summed E-state index contributed by atoms with van der Waals surface area (Å²) in [7, 11) is 0. The zero-order valence-electron chi connectivity index (χ0n) is 10.1. The molecule has 0 saturated heterocycles. The van der Waals surface area contributed by atoms with Gasteiger partial charge in [0.1, 0.15) is 0 Å². The largest absolute Gasteiger partial charge is 0.358 e. The number of hydrogen-bond acceptors (Lipinski definition) is 1. The maximum Gasteiger partial charge on any atom is 0.0780 e. The summed E-state index contributed by atoms with van der Waals surface area (Å²) in [5.74, 6) is 0. The van der Waals surface area contributed by atoms with Crippen LogP contribution in [0.1, 0.15) is 0 Å². The summed E-state index contributed by atoms with van der Waals surface area (Å²) >= 11 is 0. The first-order valence-electron chi connectivity index (χ1n) is 5.34. The molecular weight excluding hydrogens is 398 g/mol. The van der Waals surface area contributed by atoms with Crippen LogP contribution in [0.25, 0.3) is 22.0 Å². The first-order valence-corrected chi connectivity index (χ1v) is 5.34. The monoisotopic (exact) mass is 413 g/mol. The Morgan fingerprint density at radius 3 is 2.17 bits per heavy atom. The molecule has 0 fully saturated rings. The third-order valence-electron chi connectivity index (χ3n) is 2.72. The van der Waals surface area contributed by atoms with Crippen LogP contribution in [0.15, 0.2) is 66.9 Å². The minimum atomic E-state index is 0. The van der Waals surface area contributed by atoms with E-state index in [1.807, 2.05) is 30.5 Å². The molecule has 0 unspecified atom stereocenters. The van der Waals surface area contributed by atoms with E-state index in [2.05, 4.69) is 41.4 Å². The SMILES string of the molecule is [CH3-].[Ir].c1ccc(-c2nccc3ccccc23)cc1. The Hall–Kier alpha value is -1.50. The van der Waals surface area contributed by atoms with Crippen molar-refractivity contribution in [2.24, 2.45) is 0 Å². The Kier molecular flexibility index (Phi) is 5.21. The van der Waals surface area contributed by atoms with Crippen molar-refractivity contribution in [3.05, 3.63) is 74.3 Å². The quantitative estimate of drug-likeness (QED) is 0.542. The molecule has 1 aromatic heterocycles. The first-order chi connectivity index (χ1) is 7.95. The van der Waals surface area contributed by atoms with Crippen molar-refractivity contribution < 1.29 is 20.1 Å². The van der Waals surface area contributed by atoms with Gasteiger partial charge in [-0.3, -0.25) is 4.98 Å². The molecule has 0 bridgehead atoms. The molecule has 1 radical (unpaired) electrons. The second-order valence-corrected chi connectivity index (χ2v) is 3.75. The predicted molar refractivity (Wildman–Crippen MR) is 73.6 cm³/mol. The predicted octanol–water partition coefficient (Wildman–Crippen LogP) is 4.35. The molecule has 0 saturated carbocycles. The van der Waals surface area contributed by atoms with E-state index in [0.717, 1.165) is 5.69 Å². The fraction of sp³-hybridized carbons (Fsp3) is 0. The van der Waals surface area contributed by atoms with Crippen LogP contribution < -0.4 is 0 Å². The van der Waals surface area contributed by atoms with Gasteiger partial charge in [0.25, 0.3) is 0 Å². The number of nitrogens with zero attached hydrogens (tertiary/aromatic N) is 1. The van der Waals surface area contributed by atoms with Gasteiger partial charge in [0.05, 0.1) is 5.69 Å². The molecule has 2 heteroatoms. The van der Waals surface area contributed by atoms with Crippen LogP contribution >= 0.6 is 0 Å². The van der Waals surface area contributed by atoms with E-state index in [1.54, 1.807) is 0 Å². The van der Waals surface area contributed by atoms with E-state index in [4.69, 9.17) is 0 Å². The summed E-state index contributed by atoms with van der Waals surface area (Å²) in [6, 6.07) is 20.7. The Morgan fingerprint density at radius 1 is 0.722 bits per heavy atom. The number of hydrogen-bond donors (Lipinski definition) is 0. The van der Waals surface area contributed by atoms with Crippen molar-refractivity contribution in [1.82, 2.24) is 4.98 Å².